The van der Waals surface area contributed by atoms with Gasteiger partial charge < -0.3 is 4.42 Å². The van der Waals surface area contributed by atoms with Crippen molar-refractivity contribution in [2.75, 3.05) is 0 Å². The van der Waals surface area contributed by atoms with E-state index >= 15 is 0 Å². The first-order valence-corrected chi connectivity index (χ1v) is 9.84. The minimum atomic E-state index is -3.81. The van der Waals surface area contributed by atoms with Crippen molar-refractivity contribution in [2.45, 2.75) is 17.4 Å². The Morgan fingerprint density at radius 2 is 1.85 bits per heavy atom. The molecule has 0 spiro atoms. The summed E-state index contributed by atoms with van der Waals surface area (Å²) in [4.78, 5) is 0.191. The number of hydrogen-bond donors (Lipinski definition) is 0. The van der Waals surface area contributed by atoms with Gasteiger partial charge in [0.05, 0.1) is 17.2 Å². The van der Waals surface area contributed by atoms with Gasteiger partial charge in [-0.05, 0) is 42.0 Å². The number of hydrazone groups is 1. The third-order valence-electron chi connectivity index (χ3n) is 4.20. The lowest BCUT2D eigenvalue weighted by molar-refractivity contribution is 0.371. The molecule has 4 rings (SSSR count). The minimum absolute atomic E-state index is 0.191. The summed E-state index contributed by atoms with van der Waals surface area (Å²) in [6, 6.07) is 18.5. The van der Waals surface area contributed by atoms with Crippen LogP contribution in [0.5, 0.6) is 0 Å². The average Bonchev–Trinajstić information content (AvgIpc) is 3.32. The van der Waals surface area contributed by atoms with Crippen LogP contribution >= 0.6 is 11.6 Å². The molecule has 0 N–H and O–H groups in total. The molecule has 0 fully saturated rings. The number of hydrogen-bond acceptors (Lipinski definition) is 4. The van der Waals surface area contributed by atoms with Crippen molar-refractivity contribution >= 4 is 27.3 Å². The predicted molar refractivity (Wildman–Crippen MR) is 99.5 cm³/mol. The zero-order valence-electron chi connectivity index (χ0n) is 13.6. The van der Waals surface area contributed by atoms with Crippen LogP contribution in [0.25, 0.3) is 0 Å². The van der Waals surface area contributed by atoms with Crippen LogP contribution in [0.3, 0.4) is 0 Å². The molecule has 0 bridgehead atoms. The van der Waals surface area contributed by atoms with E-state index in [0.29, 0.717) is 22.9 Å². The van der Waals surface area contributed by atoms with Gasteiger partial charge in [-0.1, -0.05) is 41.9 Å². The highest BCUT2D eigenvalue weighted by atomic mass is 35.5. The van der Waals surface area contributed by atoms with Crippen molar-refractivity contribution in [1.29, 1.82) is 0 Å². The Labute approximate surface area is 156 Å². The zero-order valence-corrected chi connectivity index (χ0v) is 15.2. The maximum absolute atomic E-state index is 13.2. The largest absolute Gasteiger partial charge is 0.463 e. The van der Waals surface area contributed by atoms with Gasteiger partial charge in [0.1, 0.15) is 11.5 Å². The maximum Gasteiger partial charge on any atom is 0.279 e. The van der Waals surface area contributed by atoms with Crippen molar-refractivity contribution in [3.8, 4) is 0 Å². The van der Waals surface area contributed by atoms with E-state index in [1.165, 1.54) is 0 Å². The molecular weight excluding hydrogens is 372 g/mol. The molecule has 0 unspecified atom stereocenters. The lowest BCUT2D eigenvalue weighted by Crippen LogP contribution is -2.27. The van der Waals surface area contributed by atoms with Crippen LogP contribution in [-0.4, -0.2) is 18.5 Å². The van der Waals surface area contributed by atoms with E-state index in [-0.39, 0.29) is 4.90 Å². The third-order valence-corrected chi connectivity index (χ3v) is 6.13. The van der Waals surface area contributed by atoms with E-state index in [9.17, 15) is 8.42 Å². The lowest BCUT2D eigenvalue weighted by atomic mass is 10.0. The normalized spacial score (nSPS) is 17.3. The Morgan fingerprint density at radius 1 is 1.04 bits per heavy atom. The molecule has 132 valence electrons. The highest BCUT2D eigenvalue weighted by molar-refractivity contribution is 7.89. The molecule has 2 aromatic carbocycles. The molecule has 0 aliphatic carbocycles. The second-order valence-corrected chi connectivity index (χ2v) is 8.12. The number of sulfonamides is 1. The summed E-state index contributed by atoms with van der Waals surface area (Å²) in [6.45, 7) is 0. The highest BCUT2D eigenvalue weighted by Gasteiger charge is 2.38. The number of nitrogens with zero attached hydrogens (tertiary/aromatic N) is 2. The predicted octanol–water partition coefficient (Wildman–Crippen LogP) is 4.47. The third kappa shape index (κ3) is 3.02. The molecule has 0 saturated heterocycles. The van der Waals surface area contributed by atoms with Crippen LogP contribution < -0.4 is 0 Å². The van der Waals surface area contributed by atoms with Crippen LogP contribution in [0.4, 0.5) is 0 Å². The smallest absolute Gasteiger partial charge is 0.279 e. The number of rotatable bonds is 4. The molecule has 2 heterocycles. The quantitative estimate of drug-likeness (QED) is 0.664. The van der Waals surface area contributed by atoms with Crippen LogP contribution in [0.1, 0.15) is 23.8 Å². The van der Waals surface area contributed by atoms with Crippen molar-refractivity contribution < 1.29 is 12.8 Å². The van der Waals surface area contributed by atoms with Gasteiger partial charge in [0.25, 0.3) is 10.0 Å². The van der Waals surface area contributed by atoms with E-state index in [1.807, 2.05) is 6.07 Å². The average molecular weight is 387 g/mol. The van der Waals surface area contributed by atoms with E-state index in [0.717, 1.165) is 9.98 Å². The summed E-state index contributed by atoms with van der Waals surface area (Å²) in [7, 11) is -3.81. The van der Waals surface area contributed by atoms with Gasteiger partial charge in [-0.2, -0.15) is 17.9 Å². The van der Waals surface area contributed by atoms with Gasteiger partial charge in [0.15, 0.2) is 0 Å². The second kappa shape index (κ2) is 6.63. The fourth-order valence-corrected chi connectivity index (χ4v) is 4.62. The van der Waals surface area contributed by atoms with Crippen molar-refractivity contribution in [3.63, 3.8) is 0 Å². The first kappa shape index (κ1) is 16.9. The monoisotopic (exact) mass is 386 g/mol. The molecule has 1 aliphatic rings. The molecule has 26 heavy (non-hydrogen) atoms. The first-order chi connectivity index (χ1) is 12.6. The summed E-state index contributed by atoms with van der Waals surface area (Å²) >= 11 is 6.11. The minimum Gasteiger partial charge on any atom is -0.463 e. The fraction of sp³-hybridized carbons (Fsp3) is 0.105. The van der Waals surface area contributed by atoms with Crippen LogP contribution in [0, 0.1) is 0 Å². The fourth-order valence-electron chi connectivity index (χ4n) is 2.96. The summed E-state index contributed by atoms with van der Waals surface area (Å²) in [6.07, 6.45) is 1.94. The molecular formula is C19H15ClN2O3S. The summed E-state index contributed by atoms with van der Waals surface area (Å²) < 4.78 is 32.9. The Bertz CT molecular complexity index is 1050. The molecule has 0 saturated carbocycles. The topological polar surface area (TPSA) is 62.9 Å². The molecule has 1 atom stereocenters. The summed E-state index contributed by atoms with van der Waals surface area (Å²) in [5, 5.41) is 4.94. The molecule has 0 radical (unpaired) electrons. The van der Waals surface area contributed by atoms with Gasteiger partial charge in [0.2, 0.25) is 0 Å². The number of benzene rings is 2. The van der Waals surface area contributed by atoms with Crippen LogP contribution in [-0.2, 0) is 10.0 Å². The first-order valence-electron chi connectivity index (χ1n) is 8.02. The second-order valence-electron chi connectivity index (χ2n) is 5.89. The maximum atomic E-state index is 13.2. The lowest BCUT2D eigenvalue weighted by Gasteiger charge is -2.23. The van der Waals surface area contributed by atoms with E-state index in [2.05, 4.69) is 5.10 Å². The Kier molecular flexibility index (Phi) is 4.30. The van der Waals surface area contributed by atoms with Crippen molar-refractivity contribution in [2.24, 2.45) is 5.10 Å². The van der Waals surface area contributed by atoms with Crippen molar-refractivity contribution in [1.82, 2.24) is 4.41 Å². The Hall–Kier alpha value is -2.57. The van der Waals surface area contributed by atoms with Gasteiger partial charge in [-0.3, -0.25) is 0 Å². The molecule has 0 amide bonds. The molecule has 5 nitrogen and oxygen atoms in total. The standard InChI is InChI=1S/C19H15ClN2O3S/c20-15-7-4-6-14(12-15)18-13-17(19-10-5-11-25-19)21-22(18)26(23,24)16-8-2-1-3-9-16/h1-12,18H,13H2/t18-/m0/s1. The van der Waals surface area contributed by atoms with Crippen LogP contribution in [0.15, 0.2) is 87.4 Å². The highest BCUT2D eigenvalue weighted by Crippen LogP contribution is 2.37. The van der Waals surface area contributed by atoms with E-state index < -0.39 is 16.1 Å². The van der Waals surface area contributed by atoms with Crippen LogP contribution in [0.2, 0.25) is 5.02 Å². The van der Waals surface area contributed by atoms with Gasteiger partial charge >= 0.3 is 0 Å². The van der Waals surface area contributed by atoms with Gasteiger partial charge in [0, 0.05) is 11.4 Å². The Morgan fingerprint density at radius 3 is 2.54 bits per heavy atom. The summed E-state index contributed by atoms with van der Waals surface area (Å²) in [5.41, 5.74) is 1.36. The van der Waals surface area contributed by atoms with Gasteiger partial charge in [-0.15, -0.1) is 0 Å². The molecule has 1 aliphatic heterocycles. The number of furan rings is 1. The number of halogens is 1. The summed E-state index contributed by atoms with van der Waals surface area (Å²) in [5.74, 6) is 0.558. The molecule has 3 aromatic rings. The Balaban J connectivity index is 1.81. The SMILES string of the molecule is O=S(=O)(c1ccccc1)N1N=C(c2ccco2)C[C@H]1c1cccc(Cl)c1. The molecule has 7 heteroatoms. The van der Waals surface area contributed by atoms with E-state index in [1.54, 1.807) is 66.9 Å². The molecule has 1 aromatic heterocycles. The zero-order chi connectivity index (χ0) is 18.1. The van der Waals surface area contributed by atoms with Gasteiger partial charge in [-0.25, -0.2) is 0 Å². The van der Waals surface area contributed by atoms with E-state index in [4.69, 9.17) is 16.0 Å². The van der Waals surface area contributed by atoms with Crippen molar-refractivity contribution in [3.05, 3.63) is 89.3 Å².